The van der Waals surface area contributed by atoms with Crippen molar-refractivity contribution in [3.63, 3.8) is 0 Å². The predicted molar refractivity (Wildman–Crippen MR) is 44.9 cm³/mol. The average Bonchev–Trinajstić information content (AvgIpc) is 2.03. The molecule has 0 saturated heterocycles. The molecule has 2 N–H and O–H groups in total. The molecule has 0 saturated carbocycles. The monoisotopic (exact) mass is 188 g/mol. The van der Waals surface area contributed by atoms with Crippen molar-refractivity contribution in [2.45, 2.75) is 13.1 Å². The highest BCUT2D eigenvalue weighted by atomic mass is 19.4. The van der Waals surface area contributed by atoms with Crippen molar-refractivity contribution in [3.05, 3.63) is 35.7 Å². The van der Waals surface area contributed by atoms with Gasteiger partial charge in [-0.2, -0.15) is 13.2 Å². The highest BCUT2D eigenvalue weighted by Crippen LogP contribution is 2.33. The Bertz CT molecular complexity index is 304. The van der Waals surface area contributed by atoms with E-state index in [1.807, 2.05) is 0 Å². The molecule has 0 heterocycles. The van der Waals surface area contributed by atoms with Crippen LogP contribution < -0.4 is 5.73 Å². The molecular weight excluding hydrogens is 179 g/mol. The Morgan fingerprint density at radius 3 is 2.38 bits per heavy atom. The molecule has 4 heteroatoms. The Morgan fingerprint density at radius 1 is 1.31 bits per heavy atom. The second kappa shape index (κ2) is 3.28. The van der Waals surface area contributed by atoms with Crippen LogP contribution in [-0.4, -0.2) is 0 Å². The van der Waals surface area contributed by atoms with Crippen molar-refractivity contribution in [2.24, 2.45) is 0 Å². The van der Waals surface area contributed by atoms with Crippen molar-refractivity contribution in [2.75, 3.05) is 5.73 Å². The van der Waals surface area contributed by atoms with Gasteiger partial charge >= 0.3 is 6.18 Å². The minimum Gasteiger partial charge on any atom is -0.399 e. The first kappa shape index (κ1) is 9.89. The zero-order chi connectivity index (χ0) is 10.1. The number of nitrogens with two attached hydrogens (primary N) is 1. The van der Waals surface area contributed by atoms with Gasteiger partial charge in [-0.25, -0.2) is 0 Å². The second-order valence-electron chi connectivity index (χ2n) is 2.63. The summed E-state index contributed by atoms with van der Waals surface area (Å²) < 4.78 is 37.0. The molecule has 0 aromatic heterocycles. The molecule has 1 rings (SSSR count). The van der Waals surface area contributed by atoms with Gasteiger partial charge in [-0.05, 0) is 24.1 Å². The fourth-order valence-corrected chi connectivity index (χ4v) is 1.07. The number of alkyl halides is 3. The zero-order valence-electron chi connectivity index (χ0n) is 7.02. The topological polar surface area (TPSA) is 26.0 Å². The Balaban J connectivity index is 3.24. The molecule has 0 bridgehead atoms. The van der Waals surface area contributed by atoms with E-state index in [4.69, 9.17) is 5.73 Å². The fraction of sp³-hybridized carbons (Fsp3) is 0.222. The van der Waals surface area contributed by atoms with Crippen LogP contribution in [0.1, 0.15) is 18.1 Å². The maximum absolute atomic E-state index is 12.3. The van der Waals surface area contributed by atoms with E-state index < -0.39 is 11.7 Å². The SMILES string of the molecule is C[CH]c1ccc(N)cc1C(F)(F)F. The molecule has 1 aromatic rings. The molecule has 71 valence electrons. The summed E-state index contributed by atoms with van der Waals surface area (Å²) in [5.74, 6) is 0. The molecular formula is C9H9F3N. The number of hydrogen-bond donors (Lipinski definition) is 1. The van der Waals surface area contributed by atoms with Gasteiger partial charge in [0.2, 0.25) is 0 Å². The van der Waals surface area contributed by atoms with Gasteiger partial charge in [-0.1, -0.05) is 13.0 Å². The Kier molecular flexibility index (Phi) is 2.50. The van der Waals surface area contributed by atoms with Crippen LogP contribution in [0.15, 0.2) is 18.2 Å². The van der Waals surface area contributed by atoms with Crippen LogP contribution >= 0.6 is 0 Å². The molecule has 0 atom stereocenters. The van der Waals surface area contributed by atoms with E-state index in [1.165, 1.54) is 18.6 Å². The van der Waals surface area contributed by atoms with Crippen molar-refractivity contribution in [1.82, 2.24) is 0 Å². The van der Waals surface area contributed by atoms with Gasteiger partial charge in [0.25, 0.3) is 0 Å². The van der Waals surface area contributed by atoms with E-state index in [2.05, 4.69) is 0 Å². The summed E-state index contributed by atoms with van der Waals surface area (Å²) in [6.07, 6.45) is -2.93. The third-order valence-corrected chi connectivity index (χ3v) is 1.69. The molecule has 1 radical (unpaired) electrons. The Hall–Kier alpha value is -1.19. The lowest BCUT2D eigenvalue weighted by atomic mass is 10.0. The lowest BCUT2D eigenvalue weighted by Crippen LogP contribution is -2.08. The molecule has 0 fully saturated rings. The smallest absolute Gasteiger partial charge is 0.399 e. The third-order valence-electron chi connectivity index (χ3n) is 1.69. The van der Waals surface area contributed by atoms with Crippen LogP contribution in [0.4, 0.5) is 18.9 Å². The van der Waals surface area contributed by atoms with Crippen LogP contribution in [0.2, 0.25) is 0 Å². The molecule has 0 aliphatic carbocycles. The summed E-state index contributed by atoms with van der Waals surface area (Å²) in [7, 11) is 0. The standard InChI is InChI=1S/C9H9F3N/c1-2-6-3-4-7(13)5-8(6)9(10,11)12/h2-5H,13H2,1H3. The lowest BCUT2D eigenvalue weighted by Gasteiger charge is -2.11. The number of anilines is 1. The Labute approximate surface area is 74.4 Å². The van der Waals surface area contributed by atoms with E-state index >= 15 is 0 Å². The minimum atomic E-state index is -4.34. The quantitative estimate of drug-likeness (QED) is 0.674. The van der Waals surface area contributed by atoms with Crippen molar-refractivity contribution >= 4 is 5.69 Å². The number of rotatable bonds is 1. The van der Waals surface area contributed by atoms with Gasteiger partial charge < -0.3 is 5.73 Å². The highest BCUT2D eigenvalue weighted by Gasteiger charge is 2.32. The van der Waals surface area contributed by atoms with Gasteiger partial charge in [-0.3, -0.25) is 0 Å². The molecule has 1 nitrogen and oxygen atoms in total. The van der Waals surface area contributed by atoms with Gasteiger partial charge in [0.05, 0.1) is 5.56 Å². The summed E-state index contributed by atoms with van der Waals surface area (Å²) in [5.41, 5.74) is 4.86. The summed E-state index contributed by atoms with van der Waals surface area (Å²) in [6, 6.07) is 3.75. The maximum Gasteiger partial charge on any atom is 0.416 e. The van der Waals surface area contributed by atoms with Gasteiger partial charge in [0.1, 0.15) is 0 Å². The second-order valence-corrected chi connectivity index (χ2v) is 2.63. The van der Waals surface area contributed by atoms with E-state index in [9.17, 15) is 13.2 Å². The van der Waals surface area contributed by atoms with Crippen LogP contribution in [0.3, 0.4) is 0 Å². The molecule has 0 aliphatic rings. The Morgan fingerprint density at radius 2 is 1.92 bits per heavy atom. The first-order chi connectivity index (χ1) is 5.95. The highest BCUT2D eigenvalue weighted by molar-refractivity contribution is 5.47. The number of benzene rings is 1. The lowest BCUT2D eigenvalue weighted by molar-refractivity contribution is -0.137. The number of nitrogen functional groups attached to an aromatic ring is 1. The summed E-state index contributed by atoms with van der Waals surface area (Å²) in [5, 5.41) is 0. The summed E-state index contributed by atoms with van der Waals surface area (Å²) in [6.45, 7) is 1.56. The van der Waals surface area contributed by atoms with Crippen molar-refractivity contribution < 1.29 is 13.2 Å². The van der Waals surface area contributed by atoms with Crippen molar-refractivity contribution in [3.8, 4) is 0 Å². The minimum absolute atomic E-state index is 0.123. The fourth-order valence-electron chi connectivity index (χ4n) is 1.07. The summed E-state index contributed by atoms with van der Waals surface area (Å²) in [4.78, 5) is 0. The number of hydrogen-bond acceptors (Lipinski definition) is 1. The third kappa shape index (κ3) is 2.14. The normalized spacial score (nSPS) is 11.7. The number of halogens is 3. The van der Waals surface area contributed by atoms with Crippen LogP contribution in [0.5, 0.6) is 0 Å². The van der Waals surface area contributed by atoms with Gasteiger partial charge in [0, 0.05) is 5.69 Å². The summed E-state index contributed by atoms with van der Waals surface area (Å²) >= 11 is 0. The first-order valence-electron chi connectivity index (χ1n) is 3.71. The largest absolute Gasteiger partial charge is 0.416 e. The molecule has 0 spiro atoms. The van der Waals surface area contributed by atoms with E-state index in [-0.39, 0.29) is 11.3 Å². The maximum atomic E-state index is 12.3. The molecule has 1 aromatic carbocycles. The molecule has 0 unspecified atom stereocenters. The van der Waals surface area contributed by atoms with E-state index in [0.717, 1.165) is 6.07 Å². The van der Waals surface area contributed by atoms with Gasteiger partial charge in [0.15, 0.2) is 0 Å². The zero-order valence-corrected chi connectivity index (χ0v) is 7.02. The van der Waals surface area contributed by atoms with Crippen molar-refractivity contribution in [1.29, 1.82) is 0 Å². The van der Waals surface area contributed by atoms with Crippen LogP contribution in [0, 0.1) is 6.42 Å². The molecule has 0 amide bonds. The first-order valence-corrected chi connectivity index (χ1v) is 3.71. The van der Waals surface area contributed by atoms with Crippen LogP contribution in [0.25, 0.3) is 0 Å². The average molecular weight is 188 g/mol. The van der Waals surface area contributed by atoms with Gasteiger partial charge in [-0.15, -0.1) is 0 Å². The molecule has 13 heavy (non-hydrogen) atoms. The predicted octanol–water partition coefficient (Wildman–Crippen LogP) is 2.86. The van der Waals surface area contributed by atoms with E-state index in [1.54, 1.807) is 6.92 Å². The molecule has 0 aliphatic heterocycles. The van der Waals surface area contributed by atoms with Crippen LogP contribution in [-0.2, 0) is 6.18 Å². The van der Waals surface area contributed by atoms with E-state index in [0.29, 0.717) is 0 Å².